The van der Waals surface area contributed by atoms with Gasteiger partial charge in [-0.2, -0.15) is 0 Å². The summed E-state index contributed by atoms with van der Waals surface area (Å²) in [6.07, 6.45) is -0.553. The summed E-state index contributed by atoms with van der Waals surface area (Å²) in [5.41, 5.74) is 0.346. The zero-order valence-electron chi connectivity index (χ0n) is 10.6. The van der Waals surface area contributed by atoms with Crippen molar-refractivity contribution in [2.24, 2.45) is 0 Å². The highest BCUT2D eigenvalue weighted by molar-refractivity contribution is 6.01. The van der Waals surface area contributed by atoms with Crippen LogP contribution >= 0.6 is 0 Å². The first-order valence-electron chi connectivity index (χ1n) is 5.81. The molecule has 0 aliphatic rings. The number of halogens is 3. The number of benzene rings is 1. The quantitative estimate of drug-likeness (QED) is 0.873. The van der Waals surface area contributed by atoms with E-state index in [2.05, 4.69) is 10.1 Å². The van der Waals surface area contributed by atoms with Gasteiger partial charge in [-0.05, 0) is 42.5 Å². The number of alkyl halides is 3. The van der Waals surface area contributed by atoms with E-state index in [0.717, 1.165) is 12.1 Å². The average molecular weight is 297 g/mol. The maximum Gasteiger partial charge on any atom is 0.573 e. The first-order valence-corrected chi connectivity index (χ1v) is 5.81. The van der Waals surface area contributed by atoms with Crippen molar-refractivity contribution in [3.63, 3.8) is 0 Å². The topological polar surface area (TPSA) is 51.5 Å². The standard InChI is InChI=1S/C14H10F3NO3/c15-14(16,17)21-12-5-3-10(4-6-12)18-13(19)8-7-11-2-1-9-20-11/h1-9H,(H,18,19)/b8-7-. The van der Waals surface area contributed by atoms with E-state index in [-0.39, 0.29) is 5.75 Å². The fraction of sp³-hybridized carbons (Fsp3) is 0.0714. The second-order valence-electron chi connectivity index (χ2n) is 3.91. The van der Waals surface area contributed by atoms with Crippen LogP contribution in [0.3, 0.4) is 0 Å². The second-order valence-corrected chi connectivity index (χ2v) is 3.91. The number of furan rings is 1. The molecular formula is C14H10F3NO3. The minimum Gasteiger partial charge on any atom is -0.465 e. The highest BCUT2D eigenvalue weighted by Gasteiger charge is 2.30. The SMILES string of the molecule is O=C(/C=C\c1ccco1)Nc1ccc(OC(F)(F)F)cc1. The van der Waals surface area contributed by atoms with Crippen LogP contribution in [-0.2, 0) is 4.79 Å². The molecule has 7 heteroatoms. The number of hydrogen-bond donors (Lipinski definition) is 1. The number of amides is 1. The van der Waals surface area contributed by atoms with Crippen LogP contribution in [0.15, 0.2) is 53.2 Å². The van der Waals surface area contributed by atoms with Crippen molar-refractivity contribution in [3.05, 3.63) is 54.5 Å². The minimum atomic E-state index is -4.74. The van der Waals surface area contributed by atoms with E-state index in [9.17, 15) is 18.0 Å². The maximum absolute atomic E-state index is 12.0. The van der Waals surface area contributed by atoms with Gasteiger partial charge in [-0.15, -0.1) is 13.2 Å². The molecule has 0 saturated heterocycles. The number of ether oxygens (including phenoxy) is 1. The molecule has 0 aliphatic heterocycles. The van der Waals surface area contributed by atoms with E-state index < -0.39 is 12.3 Å². The molecule has 0 spiro atoms. The third-order valence-electron chi connectivity index (χ3n) is 2.30. The van der Waals surface area contributed by atoms with Crippen molar-refractivity contribution in [1.82, 2.24) is 0 Å². The fourth-order valence-corrected chi connectivity index (χ4v) is 1.47. The summed E-state index contributed by atoms with van der Waals surface area (Å²) in [5, 5.41) is 2.49. The molecule has 0 unspecified atom stereocenters. The Morgan fingerprint density at radius 2 is 1.90 bits per heavy atom. The van der Waals surface area contributed by atoms with E-state index in [4.69, 9.17) is 4.42 Å². The molecule has 0 radical (unpaired) electrons. The number of hydrogen-bond acceptors (Lipinski definition) is 3. The molecule has 2 aromatic rings. The van der Waals surface area contributed by atoms with Crippen LogP contribution in [0.1, 0.15) is 5.76 Å². The molecule has 0 fully saturated rings. The average Bonchev–Trinajstić information content (AvgIpc) is 2.90. The van der Waals surface area contributed by atoms with E-state index >= 15 is 0 Å². The maximum atomic E-state index is 12.0. The summed E-state index contributed by atoms with van der Waals surface area (Å²) in [6, 6.07) is 8.18. The molecule has 2 rings (SSSR count). The van der Waals surface area contributed by atoms with Crippen LogP contribution in [0.5, 0.6) is 5.75 Å². The number of carbonyl (C=O) groups is 1. The summed E-state index contributed by atoms with van der Waals surface area (Å²) < 4.78 is 44.7. The molecule has 4 nitrogen and oxygen atoms in total. The lowest BCUT2D eigenvalue weighted by molar-refractivity contribution is -0.274. The molecule has 0 atom stereocenters. The Bertz CT molecular complexity index is 616. The number of rotatable bonds is 4. The van der Waals surface area contributed by atoms with Gasteiger partial charge < -0.3 is 14.5 Å². The van der Waals surface area contributed by atoms with Crippen LogP contribution in [0.2, 0.25) is 0 Å². The summed E-state index contributed by atoms with van der Waals surface area (Å²) in [6.45, 7) is 0. The van der Waals surface area contributed by atoms with Crippen LogP contribution in [0, 0.1) is 0 Å². The van der Waals surface area contributed by atoms with E-state index in [1.807, 2.05) is 0 Å². The lowest BCUT2D eigenvalue weighted by Gasteiger charge is -2.09. The van der Waals surface area contributed by atoms with Crippen molar-refractivity contribution in [3.8, 4) is 5.75 Å². The van der Waals surface area contributed by atoms with Crippen molar-refractivity contribution >= 4 is 17.7 Å². The van der Waals surface area contributed by atoms with E-state index in [1.165, 1.54) is 30.5 Å². The van der Waals surface area contributed by atoms with Gasteiger partial charge in [0.2, 0.25) is 5.91 Å². The molecule has 1 aromatic carbocycles. The molecule has 0 bridgehead atoms. The van der Waals surface area contributed by atoms with Gasteiger partial charge in [0.25, 0.3) is 0 Å². The lowest BCUT2D eigenvalue weighted by Crippen LogP contribution is -2.17. The number of anilines is 1. The summed E-state index contributed by atoms with van der Waals surface area (Å²) in [7, 11) is 0. The molecule has 1 heterocycles. The normalized spacial score (nSPS) is 11.6. The highest BCUT2D eigenvalue weighted by atomic mass is 19.4. The molecule has 21 heavy (non-hydrogen) atoms. The van der Waals surface area contributed by atoms with Crippen molar-refractivity contribution in [1.29, 1.82) is 0 Å². The zero-order chi connectivity index (χ0) is 15.3. The smallest absolute Gasteiger partial charge is 0.465 e. The fourth-order valence-electron chi connectivity index (χ4n) is 1.47. The molecular weight excluding hydrogens is 287 g/mol. The van der Waals surface area contributed by atoms with E-state index in [1.54, 1.807) is 12.1 Å². The van der Waals surface area contributed by atoms with Gasteiger partial charge in [0.1, 0.15) is 11.5 Å². The van der Waals surface area contributed by atoms with Crippen LogP contribution in [-0.4, -0.2) is 12.3 Å². The lowest BCUT2D eigenvalue weighted by atomic mass is 10.3. The van der Waals surface area contributed by atoms with Crippen LogP contribution in [0.4, 0.5) is 18.9 Å². The van der Waals surface area contributed by atoms with Gasteiger partial charge in [-0.3, -0.25) is 4.79 Å². The molecule has 1 amide bonds. The second kappa shape index (κ2) is 6.17. The Kier molecular flexibility index (Phi) is 4.32. The molecule has 110 valence electrons. The van der Waals surface area contributed by atoms with Crippen molar-refractivity contribution < 1.29 is 27.1 Å². The third-order valence-corrected chi connectivity index (χ3v) is 2.30. The number of nitrogens with one attached hydrogen (secondary N) is 1. The van der Waals surface area contributed by atoms with Gasteiger partial charge in [-0.1, -0.05) is 0 Å². The Labute approximate surface area is 117 Å². The van der Waals surface area contributed by atoms with Crippen LogP contribution < -0.4 is 10.1 Å². The summed E-state index contributed by atoms with van der Waals surface area (Å²) in [4.78, 5) is 11.6. The minimum absolute atomic E-state index is 0.346. The third kappa shape index (κ3) is 5.06. The Balaban J connectivity index is 1.92. The number of carbonyl (C=O) groups excluding carboxylic acids is 1. The molecule has 0 aliphatic carbocycles. The largest absolute Gasteiger partial charge is 0.573 e. The summed E-state index contributed by atoms with van der Waals surface area (Å²) >= 11 is 0. The van der Waals surface area contributed by atoms with Crippen LogP contribution in [0.25, 0.3) is 6.08 Å². The molecule has 1 aromatic heterocycles. The first-order chi connectivity index (χ1) is 9.92. The van der Waals surface area contributed by atoms with Crippen molar-refractivity contribution in [2.75, 3.05) is 5.32 Å². The Hall–Kier alpha value is -2.70. The van der Waals surface area contributed by atoms with Gasteiger partial charge in [0.15, 0.2) is 0 Å². The first kappa shape index (κ1) is 14.7. The van der Waals surface area contributed by atoms with Crippen molar-refractivity contribution in [2.45, 2.75) is 6.36 Å². The Morgan fingerprint density at radius 1 is 1.19 bits per heavy atom. The van der Waals surface area contributed by atoms with Gasteiger partial charge >= 0.3 is 6.36 Å². The van der Waals surface area contributed by atoms with E-state index in [0.29, 0.717) is 11.4 Å². The van der Waals surface area contributed by atoms with Gasteiger partial charge in [0, 0.05) is 11.8 Å². The Morgan fingerprint density at radius 3 is 2.48 bits per heavy atom. The molecule has 1 N–H and O–H groups in total. The monoisotopic (exact) mass is 297 g/mol. The predicted molar refractivity (Wildman–Crippen MR) is 69.5 cm³/mol. The summed E-state index contributed by atoms with van der Waals surface area (Å²) in [5.74, 6) is -0.276. The molecule has 0 saturated carbocycles. The van der Waals surface area contributed by atoms with Gasteiger partial charge in [-0.25, -0.2) is 0 Å². The predicted octanol–water partition coefficient (Wildman–Crippen LogP) is 3.83. The highest BCUT2D eigenvalue weighted by Crippen LogP contribution is 2.23. The van der Waals surface area contributed by atoms with Gasteiger partial charge in [0.05, 0.1) is 6.26 Å². The zero-order valence-corrected chi connectivity index (χ0v) is 10.6.